The molecule has 6 N–H and O–H groups in total. The van der Waals surface area contributed by atoms with E-state index in [2.05, 4.69) is 16.0 Å². The van der Waals surface area contributed by atoms with E-state index >= 15 is 0 Å². The Balaban J connectivity index is 1.74. The molecule has 0 saturated heterocycles. The summed E-state index contributed by atoms with van der Waals surface area (Å²) in [6.07, 6.45) is 5.02. The fourth-order valence-corrected chi connectivity index (χ4v) is 4.39. The van der Waals surface area contributed by atoms with Gasteiger partial charge >= 0.3 is 0 Å². The molecule has 1 aromatic rings. The van der Waals surface area contributed by atoms with Gasteiger partial charge < -0.3 is 26.8 Å². The van der Waals surface area contributed by atoms with Gasteiger partial charge in [0, 0.05) is 19.0 Å². The standard InChI is InChI=1S/C22H36N4O4S/c1-15(27)14-25-21(29)18(26-22(30)19-6-4-12-31-19)5-2-3-11-24-20(28)17-9-7-16(13-23)8-10-17/h4,6,12,15-18,27H,2-3,5,7-11,13-14,23H2,1H3,(H,24,28)(H,25,29)(H,26,30)/t15-,16?,17?,18+/m1/s1. The van der Waals surface area contributed by atoms with Crippen LogP contribution in [-0.2, 0) is 9.59 Å². The van der Waals surface area contributed by atoms with Gasteiger partial charge in [-0.25, -0.2) is 0 Å². The monoisotopic (exact) mass is 452 g/mol. The predicted molar refractivity (Wildman–Crippen MR) is 122 cm³/mol. The van der Waals surface area contributed by atoms with E-state index < -0.39 is 12.1 Å². The molecule has 1 heterocycles. The lowest BCUT2D eigenvalue weighted by Gasteiger charge is -2.26. The second kappa shape index (κ2) is 13.4. The molecule has 8 nitrogen and oxygen atoms in total. The lowest BCUT2D eigenvalue weighted by atomic mass is 9.81. The van der Waals surface area contributed by atoms with E-state index in [1.165, 1.54) is 11.3 Å². The second-order valence-electron chi connectivity index (χ2n) is 8.34. The van der Waals surface area contributed by atoms with Gasteiger partial charge in [-0.3, -0.25) is 14.4 Å². The summed E-state index contributed by atoms with van der Waals surface area (Å²) in [5, 5.41) is 19.7. The summed E-state index contributed by atoms with van der Waals surface area (Å²) >= 11 is 1.31. The molecule has 0 radical (unpaired) electrons. The van der Waals surface area contributed by atoms with Gasteiger partial charge in [0.05, 0.1) is 11.0 Å². The number of nitrogens with one attached hydrogen (secondary N) is 3. The maximum absolute atomic E-state index is 12.5. The van der Waals surface area contributed by atoms with Crippen LogP contribution < -0.4 is 21.7 Å². The van der Waals surface area contributed by atoms with Crippen molar-refractivity contribution in [1.82, 2.24) is 16.0 Å². The second-order valence-corrected chi connectivity index (χ2v) is 9.29. The fraction of sp³-hybridized carbons (Fsp3) is 0.682. The Bertz CT molecular complexity index is 688. The summed E-state index contributed by atoms with van der Waals surface area (Å²) in [6.45, 7) is 2.97. The van der Waals surface area contributed by atoms with Gasteiger partial charge in [-0.1, -0.05) is 6.07 Å². The summed E-state index contributed by atoms with van der Waals surface area (Å²) in [5.41, 5.74) is 5.71. The van der Waals surface area contributed by atoms with Crippen molar-refractivity contribution in [1.29, 1.82) is 0 Å². The molecule has 174 valence electrons. The number of thiophene rings is 1. The number of hydrogen-bond donors (Lipinski definition) is 5. The molecule has 1 saturated carbocycles. The molecule has 9 heteroatoms. The average Bonchev–Trinajstić information content (AvgIpc) is 3.31. The predicted octanol–water partition coefficient (Wildman–Crippen LogP) is 1.40. The van der Waals surface area contributed by atoms with Crippen LogP contribution in [0.25, 0.3) is 0 Å². The van der Waals surface area contributed by atoms with E-state index in [1.54, 1.807) is 19.1 Å². The quantitative estimate of drug-likeness (QED) is 0.306. The first-order valence-corrected chi connectivity index (χ1v) is 12.1. The molecule has 1 aliphatic carbocycles. The van der Waals surface area contributed by atoms with Gasteiger partial charge in [0.25, 0.3) is 5.91 Å². The van der Waals surface area contributed by atoms with E-state index in [4.69, 9.17) is 5.73 Å². The van der Waals surface area contributed by atoms with Crippen molar-refractivity contribution in [2.24, 2.45) is 17.6 Å². The van der Waals surface area contributed by atoms with Gasteiger partial charge in [0.1, 0.15) is 6.04 Å². The summed E-state index contributed by atoms with van der Waals surface area (Å²) in [4.78, 5) is 37.7. The number of rotatable bonds is 12. The lowest BCUT2D eigenvalue weighted by Crippen LogP contribution is -2.48. The number of unbranched alkanes of at least 4 members (excludes halogenated alkanes) is 1. The smallest absolute Gasteiger partial charge is 0.261 e. The Morgan fingerprint density at radius 1 is 1.19 bits per heavy atom. The maximum Gasteiger partial charge on any atom is 0.261 e. The van der Waals surface area contributed by atoms with Crippen LogP contribution in [0.3, 0.4) is 0 Å². The normalized spacial score (nSPS) is 20.5. The number of amides is 3. The minimum absolute atomic E-state index is 0.0758. The summed E-state index contributed by atoms with van der Waals surface area (Å²) < 4.78 is 0. The van der Waals surface area contributed by atoms with Gasteiger partial charge in [-0.2, -0.15) is 0 Å². The minimum Gasteiger partial charge on any atom is -0.392 e. The van der Waals surface area contributed by atoms with Crippen molar-refractivity contribution in [3.8, 4) is 0 Å². The van der Waals surface area contributed by atoms with Crippen LogP contribution in [0.15, 0.2) is 17.5 Å². The van der Waals surface area contributed by atoms with Crippen molar-refractivity contribution < 1.29 is 19.5 Å². The van der Waals surface area contributed by atoms with Crippen molar-refractivity contribution in [2.75, 3.05) is 19.6 Å². The molecule has 1 aromatic heterocycles. The van der Waals surface area contributed by atoms with Crippen molar-refractivity contribution in [3.63, 3.8) is 0 Å². The number of carbonyl (C=O) groups is 3. The third-order valence-corrected chi connectivity index (χ3v) is 6.58. The van der Waals surface area contributed by atoms with E-state index in [-0.39, 0.29) is 30.2 Å². The van der Waals surface area contributed by atoms with E-state index in [0.717, 1.165) is 32.1 Å². The minimum atomic E-state index is -0.685. The van der Waals surface area contributed by atoms with Gasteiger partial charge in [-0.15, -0.1) is 11.3 Å². The molecule has 1 fully saturated rings. The number of aliphatic hydroxyl groups excluding tert-OH is 1. The number of nitrogens with two attached hydrogens (primary N) is 1. The van der Waals surface area contributed by atoms with Crippen LogP contribution in [0.5, 0.6) is 0 Å². The van der Waals surface area contributed by atoms with Crippen LogP contribution in [0, 0.1) is 11.8 Å². The summed E-state index contributed by atoms with van der Waals surface area (Å²) in [5.74, 6) is 0.130. The van der Waals surface area contributed by atoms with Crippen molar-refractivity contribution in [3.05, 3.63) is 22.4 Å². The highest BCUT2D eigenvalue weighted by Gasteiger charge is 2.25. The lowest BCUT2D eigenvalue weighted by molar-refractivity contribution is -0.126. The topological polar surface area (TPSA) is 134 Å². The molecular weight excluding hydrogens is 416 g/mol. The van der Waals surface area contributed by atoms with E-state index in [1.807, 2.05) is 5.38 Å². The zero-order valence-corrected chi connectivity index (χ0v) is 19.1. The molecule has 0 aromatic carbocycles. The Hall–Kier alpha value is -1.97. The zero-order valence-electron chi connectivity index (χ0n) is 18.3. The molecule has 0 bridgehead atoms. The summed E-state index contributed by atoms with van der Waals surface area (Å²) in [6, 6.07) is 2.81. The SMILES string of the molecule is C[C@@H](O)CNC(=O)[C@H](CCCCNC(=O)C1CCC(CN)CC1)NC(=O)c1cccs1. The molecule has 2 rings (SSSR count). The molecule has 2 atom stereocenters. The Morgan fingerprint density at radius 2 is 1.94 bits per heavy atom. The number of aliphatic hydroxyl groups is 1. The molecular formula is C22H36N4O4S. The molecule has 0 spiro atoms. The highest BCUT2D eigenvalue weighted by Crippen LogP contribution is 2.28. The van der Waals surface area contributed by atoms with Crippen LogP contribution >= 0.6 is 11.3 Å². The third-order valence-electron chi connectivity index (χ3n) is 5.71. The van der Waals surface area contributed by atoms with Gasteiger partial charge in [-0.05, 0) is 75.8 Å². The first-order valence-electron chi connectivity index (χ1n) is 11.2. The zero-order chi connectivity index (χ0) is 22.6. The van der Waals surface area contributed by atoms with Crippen molar-refractivity contribution >= 4 is 29.1 Å². The molecule has 3 amide bonds. The fourth-order valence-electron chi connectivity index (χ4n) is 3.77. The van der Waals surface area contributed by atoms with Crippen LogP contribution in [0.2, 0.25) is 0 Å². The molecule has 31 heavy (non-hydrogen) atoms. The van der Waals surface area contributed by atoms with E-state index in [0.29, 0.717) is 36.7 Å². The largest absolute Gasteiger partial charge is 0.392 e. The Morgan fingerprint density at radius 3 is 2.55 bits per heavy atom. The highest BCUT2D eigenvalue weighted by atomic mass is 32.1. The van der Waals surface area contributed by atoms with Crippen LogP contribution in [0.4, 0.5) is 0 Å². The summed E-state index contributed by atoms with van der Waals surface area (Å²) in [7, 11) is 0. The van der Waals surface area contributed by atoms with Crippen LogP contribution in [-0.4, -0.2) is 54.6 Å². The van der Waals surface area contributed by atoms with Crippen LogP contribution in [0.1, 0.15) is 61.5 Å². The molecule has 1 aliphatic rings. The Kier molecular flexibility index (Phi) is 11.0. The number of carbonyl (C=O) groups excluding carboxylic acids is 3. The average molecular weight is 453 g/mol. The molecule has 0 aliphatic heterocycles. The Labute approximate surface area is 188 Å². The first kappa shape index (κ1) is 25.3. The first-order chi connectivity index (χ1) is 14.9. The van der Waals surface area contributed by atoms with Crippen molar-refractivity contribution in [2.45, 2.75) is 64.0 Å². The maximum atomic E-state index is 12.5. The third kappa shape index (κ3) is 8.96. The highest BCUT2D eigenvalue weighted by molar-refractivity contribution is 7.12. The van der Waals surface area contributed by atoms with Gasteiger partial charge in [0.2, 0.25) is 11.8 Å². The van der Waals surface area contributed by atoms with Gasteiger partial charge in [0.15, 0.2) is 0 Å². The van der Waals surface area contributed by atoms with E-state index in [9.17, 15) is 19.5 Å². The molecule has 0 unspecified atom stereocenters. The number of hydrogen-bond acceptors (Lipinski definition) is 6.